The van der Waals surface area contributed by atoms with Gasteiger partial charge < -0.3 is 15.0 Å². The molecule has 0 aliphatic heterocycles. The molecule has 1 heterocycles. The summed E-state index contributed by atoms with van der Waals surface area (Å²) in [6.07, 6.45) is 0.336. The minimum absolute atomic E-state index is 0. The number of hydrogen-bond acceptors (Lipinski definition) is 4. The normalized spacial score (nSPS) is 9.25. The summed E-state index contributed by atoms with van der Waals surface area (Å²) >= 11 is 0. The largest absolute Gasteiger partial charge is 0.477 e. The molecule has 0 spiro atoms. The summed E-state index contributed by atoms with van der Waals surface area (Å²) in [5.41, 5.74) is 5.18. The molecule has 12 heavy (non-hydrogen) atoms. The zero-order valence-corrected chi connectivity index (χ0v) is 7.36. The predicted molar refractivity (Wildman–Crippen MR) is 43.0 cm³/mol. The van der Waals surface area contributed by atoms with Crippen molar-refractivity contribution in [1.82, 2.24) is 5.16 Å². The molecule has 0 unspecified atom stereocenters. The molecule has 0 bridgehead atoms. The van der Waals surface area contributed by atoms with Gasteiger partial charge in [-0.25, -0.2) is 0 Å². The average molecular weight is 197 g/mol. The Morgan fingerprint density at radius 3 is 2.75 bits per heavy atom. The smallest absolute Gasteiger partial charge is 0.290 e. The predicted octanol–water partition coefficient (Wildman–Crippen LogP) is 0.745. The highest BCUT2D eigenvalue weighted by molar-refractivity contribution is 5.85. The molecule has 1 rings (SSSR count). The van der Waals surface area contributed by atoms with Gasteiger partial charge in [0.15, 0.2) is 5.76 Å². The number of aromatic nitrogens is 1. The Kier molecular flexibility index (Phi) is 4.61. The number of rotatable bonds is 3. The molecule has 0 saturated heterocycles. The first-order chi connectivity index (χ1) is 5.29. The van der Waals surface area contributed by atoms with E-state index in [4.69, 9.17) is 5.73 Å². The van der Waals surface area contributed by atoms with Gasteiger partial charge in [0.2, 0.25) is 5.82 Å². The Morgan fingerprint density at radius 1 is 1.67 bits per heavy atom. The van der Waals surface area contributed by atoms with E-state index in [0.29, 0.717) is 13.0 Å². The van der Waals surface area contributed by atoms with Crippen LogP contribution in [0.4, 0.5) is 4.39 Å². The molecular weight excluding hydrogens is 187 g/mol. The van der Waals surface area contributed by atoms with E-state index in [9.17, 15) is 4.39 Å². The molecule has 0 atom stereocenters. The Bertz CT molecular complexity index is 241. The lowest BCUT2D eigenvalue weighted by Gasteiger charge is -1.89. The van der Waals surface area contributed by atoms with E-state index in [0.717, 1.165) is 0 Å². The third-order valence-electron chi connectivity index (χ3n) is 1.24. The first kappa shape index (κ1) is 11.2. The molecule has 1 aromatic heterocycles. The molecule has 70 valence electrons. The van der Waals surface area contributed by atoms with Gasteiger partial charge in [0.1, 0.15) is 0 Å². The van der Waals surface area contributed by atoms with Gasteiger partial charge in [0.25, 0.3) is 5.88 Å². The van der Waals surface area contributed by atoms with Crippen LogP contribution >= 0.6 is 12.4 Å². The number of hydrogen-bond donors (Lipinski definition) is 1. The second kappa shape index (κ2) is 4.95. The van der Waals surface area contributed by atoms with Crippen LogP contribution < -0.4 is 10.5 Å². The summed E-state index contributed by atoms with van der Waals surface area (Å²) in [5, 5.41) is 3.33. The van der Waals surface area contributed by atoms with E-state index in [1.165, 1.54) is 7.11 Å². The van der Waals surface area contributed by atoms with Crippen molar-refractivity contribution < 1.29 is 13.7 Å². The van der Waals surface area contributed by atoms with Crippen molar-refractivity contribution in [3.63, 3.8) is 0 Å². The van der Waals surface area contributed by atoms with Crippen LogP contribution in [-0.2, 0) is 6.42 Å². The van der Waals surface area contributed by atoms with Crippen molar-refractivity contribution in [3.8, 4) is 5.88 Å². The summed E-state index contributed by atoms with van der Waals surface area (Å²) < 4.78 is 22.0. The van der Waals surface area contributed by atoms with Crippen LogP contribution in [0.25, 0.3) is 0 Å². The second-order valence-corrected chi connectivity index (χ2v) is 1.97. The van der Waals surface area contributed by atoms with Crippen LogP contribution in [0.5, 0.6) is 5.88 Å². The van der Waals surface area contributed by atoms with Crippen LogP contribution in [0.15, 0.2) is 4.52 Å². The molecule has 1 aromatic rings. The molecule has 2 N–H and O–H groups in total. The average Bonchev–Trinajstić information content (AvgIpc) is 2.34. The van der Waals surface area contributed by atoms with Crippen molar-refractivity contribution in [2.24, 2.45) is 5.73 Å². The molecule has 0 aromatic carbocycles. The second-order valence-electron chi connectivity index (χ2n) is 1.97. The molecule has 0 saturated carbocycles. The zero-order valence-electron chi connectivity index (χ0n) is 6.54. The lowest BCUT2D eigenvalue weighted by Crippen LogP contribution is -2.02. The van der Waals surface area contributed by atoms with E-state index >= 15 is 0 Å². The van der Waals surface area contributed by atoms with E-state index in [1.54, 1.807) is 0 Å². The first-order valence-electron chi connectivity index (χ1n) is 3.17. The van der Waals surface area contributed by atoms with E-state index in [1.807, 2.05) is 0 Å². The van der Waals surface area contributed by atoms with Gasteiger partial charge in [-0.05, 0) is 11.7 Å². The fraction of sp³-hybridized carbons (Fsp3) is 0.500. The fourth-order valence-corrected chi connectivity index (χ4v) is 0.709. The number of ether oxygens (including phenoxy) is 1. The van der Waals surface area contributed by atoms with E-state index in [2.05, 4.69) is 14.4 Å². The number of methoxy groups -OCH3 is 1. The van der Waals surface area contributed by atoms with Gasteiger partial charge >= 0.3 is 0 Å². The highest BCUT2D eigenvalue weighted by Crippen LogP contribution is 2.18. The fourth-order valence-electron chi connectivity index (χ4n) is 0.709. The van der Waals surface area contributed by atoms with Gasteiger partial charge in [-0.3, -0.25) is 0 Å². The Balaban J connectivity index is 0.00000121. The van der Waals surface area contributed by atoms with E-state index < -0.39 is 5.82 Å². The third-order valence-corrected chi connectivity index (χ3v) is 1.24. The molecule has 0 radical (unpaired) electrons. The maximum absolute atomic E-state index is 12.9. The number of nitrogens with zero attached hydrogens (tertiary/aromatic N) is 1. The van der Waals surface area contributed by atoms with Gasteiger partial charge in [-0.15, -0.1) is 12.4 Å². The summed E-state index contributed by atoms with van der Waals surface area (Å²) in [4.78, 5) is 0. The Labute approximate surface area is 75.3 Å². The highest BCUT2D eigenvalue weighted by atomic mass is 35.5. The van der Waals surface area contributed by atoms with Crippen LogP contribution in [0, 0.1) is 5.82 Å². The highest BCUT2D eigenvalue weighted by Gasteiger charge is 2.14. The Morgan fingerprint density at radius 2 is 2.33 bits per heavy atom. The van der Waals surface area contributed by atoms with Crippen LogP contribution in [-0.4, -0.2) is 18.8 Å². The summed E-state index contributed by atoms with van der Waals surface area (Å²) in [5.74, 6) is -0.532. The number of nitrogens with two attached hydrogens (primary N) is 1. The minimum atomic E-state index is -0.557. The van der Waals surface area contributed by atoms with Crippen molar-refractivity contribution >= 4 is 12.4 Å². The van der Waals surface area contributed by atoms with Crippen molar-refractivity contribution in [2.75, 3.05) is 13.7 Å². The monoisotopic (exact) mass is 196 g/mol. The molecule has 4 nitrogen and oxygen atoms in total. The standard InChI is InChI=1S/C6H9FN2O2.ClH/c1-10-6-5(7)4(2-3-8)11-9-6;/h2-3,8H2,1H3;1H. The minimum Gasteiger partial charge on any atom is -0.477 e. The van der Waals surface area contributed by atoms with Gasteiger partial charge in [0, 0.05) is 6.42 Å². The molecule has 0 fully saturated rings. The summed E-state index contributed by atoms with van der Waals surface area (Å²) in [6.45, 7) is 0.329. The lowest BCUT2D eigenvalue weighted by atomic mass is 10.3. The maximum Gasteiger partial charge on any atom is 0.290 e. The zero-order chi connectivity index (χ0) is 8.27. The molecule has 0 amide bonds. The molecule has 6 heteroatoms. The first-order valence-corrected chi connectivity index (χ1v) is 3.17. The quantitative estimate of drug-likeness (QED) is 0.775. The molecule has 0 aliphatic carbocycles. The van der Waals surface area contributed by atoms with Gasteiger partial charge in [-0.1, -0.05) is 0 Å². The van der Waals surface area contributed by atoms with Gasteiger partial charge in [-0.2, -0.15) is 4.39 Å². The van der Waals surface area contributed by atoms with Crippen LogP contribution in [0.1, 0.15) is 5.76 Å². The van der Waals surface area contributed by atoms with Crippen molar-refractivity contribution in [1.29, 1.82) is 0 Å². The number of halogens is 2. The van der Waals surface area contributed by atoms with Crippen molar-refractivity contribution in [2.45, 2.75) is 6.42 Å². The summed E-state index contributed by atoms with van der Waals surface area (Å²) in [7, 11) is 1.33. The Hall–Kier alpha value is -0.810. The lowest BCUT2D eigenvalue weighted by molar-refractivity contribution is 0.326. The topological polar surface area (TPSA) is 61.3 Å². The van der Waals surface area contributed by atoms with Gasteiger partial charge in [0.05, 0.1) is 7.11 Å². The molecular formula is C6H10ClFN2O2. The summed E-state index contributed by atoms with van der Waals surface area (Å²) in [6, 6.07) is 0. The van der Waals surface area contributed by atoms with E-state index in [-0.39, 0.29) is 24.0 Å². The molecule has 0 aliphatic rings. The van der Waals surface area contributed by atoms with Crippen LogP contribution in [0.3, 0.4) is 0 Å². The van der Waals surface area contributed by atoms with Crippen molar-refractivity contribution in [3.05, 3.63) is 11.6 Å². The maximum atomic E-state index is 12.9. The van der Waals surface area contributed by atoms with Crippen LogP contribution in [0.2, 0.25) is 0 Å². The SMILES string of the molecule is COc1noc(CCN)c1F.Cl. The third kappa shape index (κ3) is 2.09.